The van der Waals surface area contributed by atoms with Crippen molar-refractivity contribution in [3.63, 3.8) is 0 Å². The molecule has 1 aromatic rings. The number of carbonyl (C=O) groups is 1. The van der Waals surface area contributed by atoms with Crippen LogP contribution < -0.4 is 10.2 Å². The molecule has 0 bridgehead atoms. The van der Waals surface area contributed by atoms with Gasteiger partial charge in [0.1, 0.15) is 0 Å². The molecule has 0 spiro atoms. The van der Waals surface area contributed by atoms with E-state index in [0.29, 0.717) is 13.0 Å². The molecule has 0 atom stereocenters. The number of anilines is 1. The van der Waals surface area contributed by atoms with E-state index in [1.54, 1.807) is 0 Å². The number of para-hydroxylation sites is 1. The molecule has 2 aliphatic heterocycles. The Morgan fingerprint density at radius 3 is 2.33 bits per heavy atom. The first-order valence-electron chi connectivity index (χ1n) is 10.2. The van der Waals surface area contributed by atoms with Crippen molar-refractivity contribution in [1.29, 1.82) is 0 Å². The molecule has 2 aliphatic rings. The predicted molar refractivity (Wildman–Crippen MR) is 111 cm³/mol. The molecule has 2 heterocycles. The van der Waals surface area contributed by atoms with Gasteiger partial charge in [-0.15, -0.1) is 0 Å². The summed E-state index contributed by atoms with van der Waals surface area (Å²) in [6.45, 7) is 8.46. The highest BCUT2D eigenvalue weighted by Crippen LogP contribution is 2.17. The van der Waals surface area contributed by atoms with Crippen LogP contribution in [0.4, 0.5) is 5.69 Å². The van der Waals surface area contributed by atoms with Gasteiger partial charge in [-0.05, 0) is 30.9 Å². The second kappa shape index (κ2) is 9.62. The molecule has 6 nitrogen and oxygen atoms in total. The highest BCUT2D eigenvalue weighted by atomic mass is 16.2. The molecule has 1 amide bonds. The average Bonchev–Trinajstić information content (AvgIpc) is 2.73. The second-order valence-corrected chi connectivity index (χ2v) is 7.60. The van der Waals surface area contributed by atoms with Gasteiger partial charge in [0.25, 0.3) is 0 Å². The van der Waals surface area contributed by atoms with Crippen LogP contribution >= 0.6 is 0 Å². The molecule has 6 heteroatoms. The van der Waals surface area contributed by atoms with E-state index in [2.05, 4.69) is 51.3 Å². The number of nitrogens with zero attached hydrogens (tertiary/aromatic N) is 4. The van der Waals surface area contributed by atoms with Crippen molar-refractivity contribution in [2.45, 2.75) is 26.2 Å². The van der Waals surface area contributed by atoms with Gasteiger partial charge in [0, 0.05) is 65.0 Å². The van der Waals surface area contributed by atoms with E-state index in [-0.39, 0.29) is 5.91 Å². The van der Waals surface area contributed by atoms with Crippen molar-refractivity contribution in [3.8, 4) is 0 Å². The molecule has 0 aliphatic carbocycles. The minimum absolute atomic E-state index is 0.234. The van der Waals surface area contributed by atoms with Crippen LogP contribution in [0.5, 0.6) is 0 Å². The number of likely N-dealkylation sites (tertiary alicyclic amines) is 1. The summed E-state index contributed by atoms with van der Waals surface area (Å²) in [5, 5.41) is 3.38. The number of piperidine rings is 1. The third-order valence-electron chi connectivity index (χ3n) is 5.67. The SMILES string of the molecule is CN=C(NCCC(=O)N1CCN(c2ccccc2)CC1)N1CCC(C)CC1. The first kappa shape index (κ1) is 19.5. The van der Waals surface area contributed by atoms with Crippen LogP contribution in [-0.2, 0) is 4.79 Å². The van der Waals surface area contributed by atoms with Gasteiger partial charge in [0.2, 0.25) is 5.91 Å². The van der Waals surface area contributed by atoms with Crippen molar-refractivity contribution in [2.75, 3.05) is 57.8 Å². The van der Waals surface area contributed by atoms with Crippen LogP contribution in [0, 0.1) is 5.92 Å². The smallest absolute Gasteiger partial charge is 0.224 e. The predicted octanol–water partition coefficient (Wildman–Crippen LogP) is 2.03. The zero-order valence-corrected chi connectivity index (χ0v) is 16.7. The van der Waals surface area contributed by atoms with Crippen molar-refractivity contribution in [3.05, 3.63) is 30.3 Å². The van der Waals surface area contributed by atoms with Crippen molar-refractivity contribution in [1.82, 2.24) is 15.1 Å². The van der Waals surface area contributed by atoms with Gasteiger partial charge in [-0.2, -0.15) is 0 Å². The molecule has 1 N–H and O–H groups in total. The maximum Gasteiger partial charge on any atom is 0.224 e. The first-order chi connectivity index (χ1) is 13.2. The number of piperazine rings is 1. The lowest BCUT2D eigenvalue weighted by Crippen LogP contribution is -2.50. The summed E-state index contributed by atoms with van der Waals surface area (Å²) in [5.74, 6) is 1.97. The number of amides is 1. The highest BCUT2D eigenvalue weighted by molar-refractivity contribution is 5.81. The van der Waals surface area contributed by atoms with E-state index in [9.17, 15) is 4.79 Å². The van der Waals surface area contributed by atoms with E-state index >= 15 is 0 Å². The van der Waals surface area contributed by atoms with Crippen LogP contribution in [-0.4, -0.2) is 74.5 Å². The number of rotatable bonds is 4. The van der Waals surface area contributed by atoms with Crippen LogP contribution in [0.15, 0.2) is 35.3 Å². The Hall–Kier alpha value is -2.24. The molecule has 0 radical (unpaired) electrons. The quantitative estimate of drug-likeness (QED) is 0.650. The van der Waals surface area contributed by atoms with Gasteiger partial charge in [0.15, 0.2) is 5.96 Å². The summed E-state index contributed by atoms with van der Waals surface area (Å²) in [7, 11) is 1.82. The molecule has 3 rings (SSSR count). The monoisotopic (exact) mass is 371 g/mol. The van der Waals surface area contributed by atoms with Crippen LogP contribution in [0.1, 0.15) is 26.2 Å². The largest absolute Gasteiger partial charge is 0.368 e. The molecular weight excluding hydrogens is 338 g/mol. The minimum atomic E-state index is 0.234. The lowest BCUT2D eigenvalue weighted by atomic mass is 10.00. The molecule has 27 heavy (non-hydrogen) atoms. The maximum atomic E-state index is 12.5. The molecule has 148 valence electrons. The number of hydrogen-bond donors (Lipinski definition) is 1. The van der Waals surface area contributed by atoms with Crippen molar-refractivity contribution in [2.24, 2.45) is 10.9 Å². The molecule has 0 aromatic heterocycles. The lowest BCUT2D eigenvalue weighted by molar-refractivity contribution is -0.131. The number of nitrogens with one attached hydrogen (secondary N) is 1. The molecule has 1 aromatic carbocycles. The van der Waals surface area contributed by atoms with E-state index in [1.807, 2.05) is 18.0 Å². The number of guanidine groups is 1. The molecule has 0 unspecified atom stereocenters. The van der Waals surface area contributed by atoms with Gasteiger partial charge in [0.05, 0.1) is 0 Å². The summed E-state index contributed by atoms with van der Waals surface area (Å²) in [6.07, 6.45) is 2.95. The Morgan fingerprint density at radius 1 is 1.04 bits per heavy atom. The zero-order chi connectivity index (χ0) is 19.1. The summed E-state index contributed by atoms with van der Waals surface area (Å²) in [6, 6.07) is 10.4. The highest BCUT2D eigenvalue weighted by Gasteiger charge is 2.22. The van der Waals surface area contributed by atoms with Gasteiger partial charge < -0.3 is 20.0 Å². The average molecular weight is 372 g/mol. The van der Waals surface area contributed by atoms with Gasteiger partial charge in [-0.1, -0.05) is 25.1 Å². The first-order valence-corrected chi connectivity index (χ1v) is 10.2. The summed E-state index contributed by atoms with van der Waals surface area (Å²) in [5.41, 5.74) is 1.24. The summed E-state index contributed by atoms with van der Waals surface area (Å²) >= 11 is 0. The normalized spacial score (nSPS) is 19.3. The summed E-state index contributed by atoms with van der Waals surface area (Å²) in [4.78, 5) is 23.6. The van der Waals surface area contributed by atoms with E-state index in [1.165, 1.54) is 18.5 Å². The number of benzene rings is 1. The fourth-order valence-corrected chi connectivity index (χ4v) is 3.84. The molecular formula is C21H33N5O. The Kier molecular flexibility index (Phi) is 6.96. The van der Waals surface area contributed by atoms with E-state index in [4.69, 9.17) is 0 Å². The van der Waals surface area contributed by atoms with E-state index < -0.39 is 0 Å². The third kappa shape index (κ3) is 5.37. The topological polar surface area (TPSA) is 51.2 Å². The standard InChI is InChI=1S/C21H33N5O/c1-18-9-12-26(13-10-18)21(22-2)23-11-8-20(27)25-16-14-24(15-17-25)19-6-4-3-5-7-19/h3-7,18H,8-17H2,1-2H3,(H,22,23). The van der Waals surface area contributed by atoms with Crippen LogP contribution in [0.3, 0.4) is 0 Å². The van der Waals surface area contributed by atoms with Gasteiger partial charge in [-0.3, -0.25) is 9.79 Å². The fraction of sp³-hybridized carbons (Fsp3) is 0.619. The molecule has 0 saturated carbocycles. The molecule has 2 fully saturated rings. The molecule has 2 saturated heterocycles. The summed E-state index contributed by atoms with van der Waals surface area (Å²) < 4.78 is 0. The van der Waals surface area contributed by atoms with Crippen molar-refractivity contribution < 1.29 is 4.79 Å². The Morgan fingerprint density at radius 2 is 1.70 bits per heavy atom. The zero-order valence-electron chi connectivity index (χ0n) is 16.7. The maximum absolute atomic E-state index is 12.5. The number of carbonyl (C=O) groups excluding carboxylic acids is 1. The van der Waals surface area contributed by atoms with Crippen molar-refractivity contribution >= 4 is 17.6 Å². The third-order valence-corrected chi connectivity index (χ3v) is 5.67. The fourth-order valence-electron chi connectivity index (χ4n) is 3.84. The minimum Gasteiger partial charge on any atom is -0.368 e. The number of aliphatic imine (C=N–C) groups is 1. The van der Waals surface area contributed by atoms with Gasteiger partial charge >= 0.3 is 0 Å². The van der Waals surface area contributed by atoms with Crippen LogP contribution in [0.2, 0.25) is 0 Å². The Balaban J connectivity index is 1.38. The second-order valence-electron chi connectivity index (χ2n) is 7.60. The number of hydrogen-bond acceptors (Lipinski definition) is 3. The van der Waals surface area contributed by atoms with E-state index in [0.717, 1.165) is 51.1 Å². The Labute approximate surface area is 163 Å². The lowest BCUT2D eigenvalue weighted by Gasteiger charge is -2.36. The van der Waals surface area contributed by atoms with Gasteiger partial charge in [-0.25, -0.2) is 0 Å². The Bertz CT molecular complexity index is 617. The van der Waals surface area contributed by atoms with Crippen LogP contribution in [0.25, 0.3) is 0 Å².